The normalized spacial score (nSPS) is 10.3. The van der Waals surface area contributed by atoms with Crippen LogP contribution in [0.25, 0.3) is 0 Å². The summed E-state index contributed by atoms with van der Waals surface area (Å²) in [5, 5.41) is 8.89. The molecular weight excluding hydrogens is 175 g/mol. The van der Waals surface area contributed by atoms with Gasteiger partial charge in [-0.1, -0.05) is 0 Å². The van der Waals surface area contributed by atoms with Crippen LogP contribution in [-0.4, -0.2) is 11.4 Å². The van der Waals surface area contributed by atoms with Gasteiger partial charge in [-0.3, -0.25) is 0 Å². The smallest absolute Gasteiger partial charge is 0.124 e. The molecule has 0 bridgehead atoms. The maximum atomic E-state index is 12.9. The van der Waals surface area contributed by atoms with Crippen molar-refractivity contribution in [3.63, 3.8) is 0 Å². The zero-order valence-electron chi connectivity index (χ0n) is 7.10. The van der Waals surface area contributed by atoms with Crippen molar-refractivity contribution in [1.29, 1.82) is 0 Å². The van der Waals surface area contributed by atoms with Crippen molar-refractivity contribution in [2.75, 3.05) is 6.26 Å². The summed E-state index contributed by atoms with van der Waals surface area (Å²) in [6.07, 6.45) is 1.89. The molecule has 0 spiro atoms. The predicted octanol–water partition coefficient (Wildman–Crippen LogP) is 2.35. The molecule has 0 fully saturated rings. The van der Waals surface area contributed by atoms with Gasteiger partial charge in [0.1, 0.15) is 5.82 Å². The largest absolute Gasteiger partial charge is 0.392 e. The Labute approximate surface area is 75.6 Å². The Balaban J connectivity index is 3.22. The van der Waals surface area contributed by atoms with Crippen molar-refractivity contribution >= 4 is 11.8 Å². The van der Waals surface area contributed by atoms with Crippen LogP contribution >= 0.6 is 11.8 Å². The van der Waals surface area contributed by atoms with E-state index in [0.717, 1.165) is 10.5 Å². The summed E-state index contributed by atoms with van der Waals surface area (Å²) in [7, 11) is 0. The highest BCUT2D eigenvalue weighted by Crippen LogP contribution is 2.24. The standard InChI is InChI=1S/C9H11FOS/c1-6-7(5-11)3-8(10)4-9(6)12-2/h3-4,11H,5H2,1-2H3. The van der Waals surface area contributed by atoms with Crippen molar-refractivity contribution in [3.8, 4) is 0 Å². The minimum Gasteiger partial charge on any atom is -0.392 e. The molecule has 0 radical (unpaired) electrons. The third-order valence-corrected chi connectivity index (χ3v) is 2.69. The summed E-state index contributed by atoms with van der Waals surface area (Å²) in [5.74, 6) is -0.283. The summed E-state index contributed by atoms with van der Waals surface area (Å²) < 4.78 is 12.9. The SMILES string of the molecule is CSc1cc(F)cc(CO)c1C. The molecule has 0 aliphatic rings. The van der Waals surface area contributed by atoms with Gasteiger partial charge in [0.15, 0.2) is 0 Å². The molecule has 1 aromatic rings. The van der Waals surface area contributed by atoms with Crippen molar-refractivity contribution in [2.24, 2.45) is 0 Å². The molecule has 0 aromatic heterocycles. The molecule has 1 N–H and O–H groups in total. The molecule has 0 aliphatic heterocycles. The van der Waals surface area contributed by atoms with Gasteiger partial charge in [-0.05, 0) is 36.4 Å². The molecule has 0 saturated heterocycles. The van der Waals surface area contributed by atoms with Gasteiger partial charge in [-0.25, -0.2) is 4.39 Å². The molecule has 0 atom stereocenters. The Hall–Kier alpha value is -0.540. The van der Waals surface area contributed by atoms with Crippen LogP contribution in [0.2, 0.25) is 0 Å². The summed E-state index contributed by atoms with van der Waals surface area (Å²) in [6, 6.07) is 2.86. The molecule has 0 heterocycles. The Morgan fingerprint density at radius 3 is 2.67 bits per heavy atom. The van der Waals surface area contributed by atoms with E-state index in [0.29, 0.717) is 5.56 Å². The van der Waals surface area contributed by atoms with Gasteiger partial charge in [-0.2, -0.15) is 0 Å². The second kappa shape index (κ2) is 3.92. The number of rotatable bonds is 2. The van der Waals surface area contributed by atoms with E-state index in [4.69, 9.17) is 5.11 Å². The van der Waals surface area contributed by atoms with E-state index < -0.39 is 0 Å². The second-order valence-electron chi connectivity index (χ2n) is 2.55. The van der Waals surface area contributed by atoms with Gasteiger partial charge in [0.2, 0.25) is 0 Å². The lowest BCUT2D eigenvalue weighted by molar-refractivity contribution is 0.280. The number of aliphatic hydroxyl groups is 1. The highest BCUT2D eigenvalue weighted by molar-refractivity contribution is 7.98. The Morgan fingerprint density at radius 1 is 1.50 bits per heavy atom. The molecular formula is C9H11FOS. The lowest BCUT2D eigenvalue weighted by Crippen LogP contribution is -1.92. The first-order valence-electron chi connectivity index (χ1n) is 3.63. The first-order chi connectivity index (χ1) is 5.69. The minimum atomic E-state index is -0.283. The molecule has 1 rings (SSSR count). The first kappa shape index (κ1) is 9.55. The van der Waals surface area contributed by atoms with Gasteiger partial charge in [-0.15, -0.1) is 11.8 Å². The molecule has 66 valence electrons. The number of thioether (sulfide) groups is 1. The van der Waals surface area contributed by atoms with E-state index in [-0.39, 0.29) is 12.4 Å². The number of hydrogen-bond donors (Lipinski definition) is 1. The Bertz CT molecular complexity index is 261. The Kier molecular flexibility index (Phi) is 3.12. The Morgan fingerprint density at radius 2 is 2.17 bits per heavy atom. The van der Waals surface area contributed by atoms with Crippen molar-refractivity contribution in [3.05, 3.63) is 29.1 Å². The molecule has 1 nitrogen and oxygen atoms in total. The number of aliphatic hydroxyl groups excluding tert-OH is 1. The molecule has 12 heavy (non-hydrogen) atoms. The van der Waals surface area contributed by atoms with Crippen LogP contribution < -0.4 is 0 Å². The average molecular weight is 186 g/mol. The zero-order chi connectivity index (χ0) is 9.14. The molecule has 0 amide bonds. The van der Waals surface area contributed by atoms with Crippen LogP contribution in [0.1, 0.15) is 11.1 Å². The van der Waals surface area contributed by atoms with Crippen LogP contribution in [0.4, 0.5) is 4.39 Å². The molecule has 1 aromatic carbocycles. The number of benzene rings is 1. The summed E-state index contributed by atoms with van der Waals surface area (Å²) >= 11 is 1.49. The maximum Gasteiger partial charge on any atom is 0.124 e. The molecule has 3 heteroatoms. The molecule has 0 saturated carbocycles. The molecule has 0 aliphatic carbocycles. The lowest BCUT2D eigenvalue weighted by atomic mass is 10.1. The monoisotopic (exact) mass is 186 g/mol. The van der Waals surface area contributed by atoms with E-state index in [9.17, 15) is 4.39 Å². The summed E-state index contributed by atoms with van der Waals surface area (Å²) in [6.45, 7) is 1.79. The van der Waals surface area contributed by atoms with Crippen molar-refractivity contribution in [2.45, 2.75) is 18.4 Å². The summed E-state index contributed by atoms with van der Waals surface area (Å²) in [5.41, 5.74) is 1.63. The quantitative estimate of drug-likeness (QED) is 0.715. The highest BCUT2D eigenvalue weighted by atomic mass is 32.2. The third kappa shape index (κ3) is 1.79. The van der Waals surface area contributed by atoms with Crippen LogP contribution in [0.3, 0.4) is 0 Å². The van der Waals surface area contributed by atoms with Gasteiger partial charge in [0.25, 0.3) is 0 Å². The van der Waals surface area contributed by atoms with E-state index in [1.165, 1.54) is 23.9 Å². The topological polar surface area (TPSA) is 20.2 Å². The fraction of sp³-hybridized carbons (Fsp3) is 0.333. The van der Waals surface area contributed by atoms with Gasteiger partial charge < -0.3 is 5.11 Å². The number of halogens is 1. The van der Waals surface area contributed by atoms with Gasteiger partial charge in [0, 0.05) is 4.90 Å². The van der Waals surface area contributed by atoms with Crippen molar-refractivity contribution < 1.29 is 9.50 Å². The van der Waals surface area contributed by atoms with Crippen LogP contribution in [0.15, 0.2) is 17.0 Å². The van der Waals surface area contributed by atoms with Crippen LogP contribution in [-0.2, 0) is 6.61 Å². The van der Waals surface area contributed by atoms with Gasteiger partial charge >= 0.3 is 0 Å². The predicted molar refractivity (Wildman–Crippen MR) is 48.8 cm³/mol. The fourth-order valence-electron chi connectivity index (χ4n) is 1.08. The van der Waals surface area contributed by atoms with Crippen LogP contribution in [0.5, 0.6) is 0 Å². The van der Waals surface area contributed by atoms with E-state index in [1.54, 1.807) is 0 Å². The number of hydrogen-bond acceptors (Lipinski definition) is 2. The molecule has 0 unspecified atom stereocenters. The van der Waals surface area contributed by atoms with Gasteiger partial charge in [0.05, 0.1) is 6.61 Å². The van der Waals surface area contributed by atoms with Crippen LogP contribution in [0, 0.1) is 12.7 Å². The fourth-order valence-corrected chi connectivity index (χ4v) is 1.75. The second-order valence-corrected chi connectivity index (χ2v) is 3.40. The lowest BCUT2D eigenvalue weighted by Gasteiger charge is -2.07. The minimum absolute atomic E-state index is 0.100. The maximum absolute atomic E-state index is 12.9. The van der Waals surface area contributed by atoms with E-state index >= 15 is 0 Å². The van der Waals surface area contributed by atoms with E-state index in [1.807, 2.05) is 13.2 Å². The van der Waals surface area contributed by atoms with E-state index in [2.05, 4.69) is 0 Å². The van der Waals surface area contributed by atoms with Crippen molar-refractivity contribution in [1.82, 2.24) is 0 Å². The highest BCUT2D eigenvalue weighted by Gasteiger charge is 2.05. The third-order valence-electron chi connectivity index (χ3n) is 1.82. The summed E-state index contributed by atoms with van der Waals surface area (Å²) in [4.78, 5) is 0.888. The zero-order valence-corrected chi connectivity index (χ0v) is 7.91. The average Bonchev–Trinajstić information content (AvgIpc) is 2.08. The first-order valence-corrected chi connectivity index (χ1v) is 4.85.